The molecule has 5 nitrogen and oxygen atoms in total. The summed E-state index contributed by atoms with van der Waals surface area (Å²) in [5.74, 6) is -1.40. The van der Waals surface area contributed by atoms with E-state index in [-0.39, 0.29) is 5.91 Å². The van der Waals surface area contributed by atoms with Crippen molar-refractivity contribution < 1.29 is 19.4 Å². The second-order valence-corrected chi connectivity index (χ2v) is 4.37. The van der Waals surface area contributed by atoms with E-state index in [1.807, 2.05) is 13.0 Å². The number of carboxylic acids is 1. The molecule has 1 amide bonds. The minimum absolute atomic E-state index is 0.348. The fourth-order valence-electron chi connectivity index (χ4n) is 1.72. The number of carboxylic acid groups (broad SMARTS) is 1. The van der Waals surface area contributed by atoms with Gasteiger partial charge in [0, 0.05) is 19.3 Å². The standard InChI is InChI=1S/C14H19NO4/c1-10-5-3-6-11(9-10)13(16)15-12(14(17)18)7-4-8-19-2/h3,5-6,9,12H,4,7-8H2,1-2H3,(H,15,16)(H,17,18). The maximum Gasteiger partial charge on any atom is 0.326 e. The van der Waals surface area contributed by atoms with Gasteiger partial charge in [-0.1, -0.05) is 17.7 Å². The Morgan fingerprint density at radius 3 is 2.74 bits per heavy atom. The molecule has 0 fully saturated rings. The fraction of sp³-hybridized carbons (Fsp3) is 0.429. The molecule has 0 aliphatic rings. The van der Waals surface area contributed by atoms with Crippen molar-refractivity contribution in [1.82, 2.24) is 5.32 Å². The molecule has 0 spiro atoms. The fourth-order valence-corrected chi connectivity index (χ4v) is 1.72. The number of carbonyl (C=O) groups excluding carboxylic acids is 1. The number of nitrogens with one attached hydrogen (secondary N) is 1. The van der Waals surface area contributed by atoms with Crippen LogP contribution in [0.1, 0.15) is 28.8 Å². The van der Waals surface area contributed by atoms with Crippen LogP contribution in [0.15, 0.2) is 24.3 Å². The molecule has 0 aliphatic heterocycles. The Morgan fingerprint density at radius 2 is 2.16 bits per heavy atom. The lowest BCUT2D eigenvalue weighted by Crippen LogP contribution is -2.40. The largest absolute Gasteiger partial charge is 0.480 e. The highest BCUT2D eigenvalue weighted by atomic mass is 16.5. The minimum atomic E-state index is -1.03. The summed E-state index contributed by atoms with van der Waals surface area (Å²) in [5, 5.41) is 11.6. The van der Waals surface area contributed by atoms with Crippen LogP contribution in [0.5, 0.6) is 0 Å². The Hall–Kier alpha value is -1.88. The van der Waals surface area contributed by atoms with Gasteiger partial charge in [-0.2, -0.15) is 0 Å². The number of amides is 1. The van der Waals surface area contributed by atoms with E-state index < -0.39 is 12.0 Å². The zero-order valence-electron chi connectivity index (χ0n) is 11.2. The Kier molecular flexibility index (Phi) is 6.02. The minimum Gasteiger partial charge on any atom is -0.480 e. The normalized spacial score (nSPS) is 11.9. The lowest BCUT2D eigenvalue weighted by atomic mass is 10.1. The second kappa shape index (κ2) is 7.53. The van der Waals surface area contributed by atoms with Gasteiger partial charge in [-0.25, -0.2) is 4.79 Å². The SMILES string of the molecule is COCCCC(NC(=O)c1cccc(C)c1)C(=O)O. The van der Waals surface area contributed by atoms with Gasteiger partial charge in [0.1, 0.15) is 6.04 Å². The monoisotopic (exact) mass is 265 g/mol. The number of benzene rings is 1. The molecular formula is C14H19NO4. The summed E-state index contributed by atoms with van der Waals surface area (Å²) < 4.78 is 4.87. The van der Waals surface area contributed by atoms with Gasteiger partial charge in [0.2, 0.25) is 0 Å². The molecule has 0 saturated carbocycles. The topological polar surface area (TPSA) is 75.6 Å². The molecule has 0 aliphatic carbocycles. The average molecular weight is 265 g/mol. The van der Waals surface area contributed by atoms with Crippen LogP contribution < -0.4 is 5.32 Å². The number of methoxy groups -OCH3 is 1. The molecule has 0 bridgehead atoms. The summed E-state index contributed by atoms with van der Waals surface area (Å²) in [6.07, 6.45) is 0.933. The van der Waals surface area contributed by atoms with Gasteiger partial charge in [-0.15, -0.1) is 0 Å². The molecular weight excluding hydrogens is 246 g/mol. The van der Waals surface area contributed by atoms with Crippen molar-refractivity contribution in [2.45, 2.75) is 25.8 Å². The molecule has 5 heteroatoms. The van der Waals surface area contributed by atoms with Crippen LogP contribution in [-0.2, 0) is 9.53 Å². The number of aryl methyl sites for hydroxylation is 1. The average Bonchev–Trinajstić information content (AvgIpc) is 2.37. The second-order valence-electron chi connectivity index (χ2n) is 4.37. The van der Waals surface area contributed by atoms with Crippen LogP contribution in [0.4, 0.5) is 0 Å². The third-order valence-electron chi connectivity index (χ3n) is 2.72. The van der Waals surface area contributed by atoms with Gasteiger partial charge in [0.05, 0.1) is 0 Å². The van der Waals surface area contributed by atoms with E-state index in [2.05, 4.69) is 5.32 Å². The van der Waals surface area contributed by atoms with Crippen LogP contribution in [0.25, 0.3) is 0 Å². The predicted octanol–water partition coefficient (Wildman–Crippen LogP) is 1.60. The van der Waals surface area contributed by atoms with E-state index in [4.69, 9.17) is 9.84 Å². The highest BCUT2D eigenvalue weighted by Gasteiger charge is 2.20. The Morgan fingerprint density at radius 1 is 1.42 bits per heavy atom. The molecule has 0 aromatic heterocycles. The Balaban J connectivity index is 2.63. The van der Waals surface area contributed by atoms with E-state index in [0.29, 0.717) is 25.0 Å². The number of carbonyl (C=O) groups is 2. The van der Waals surface area contributed by atoms with Gasteiger partial charge in [-0.05, 0) is 31.9 Å². The first-order valence-electron chi connectivity index (χ1n) is 6.14. The smallest absolute Gasteiger partial charge is 0.326 e. The number of rotatable bonds is 7. The first-order chi connectivity index (χ1) is 9.04. The summed E-state index contributed by atoms with van der Waals surface area (Å²) in [5.41, 5.74) is 1.43. The van der Waals surface area contributed by atoms with Crippen LogP contribution in [-0.4, -0.2) is 36.7 Å². The maximum absolute atomic E-state index is 11.9. The van der Waals surface area contributed by atoms with E-state index >= 15 is 0 Å². The lowest BCUT2D eigenvalue weighted by molar-refractivity contribution is -0.139. The molecule has 1 rings (SSSR count). The molecule has 19 heavy (non-hydrogen) atoms. The van der Waals surface area contributed by atoms with Gasteiger partial charge in [0.15, 0.2) is 0 Å². The summed E-state index contributed by atoms with van der Waals surface area (Å²) in [6.45, 7) is 2.36. The predicted molar refractivity (Wildman–Crippen MR) is 71.2 cm³/mol. The van der Waals surface area contributed by atoms with Gasteiger partial charge >= 0.3 is 5.97 Å². The van der Waals surface area contributed by atoms with Crippen molar-refractivity contribution in [3.05, 3.63) is 35.4 Å². The van der Waals surface area contributed by atoms with E-state index in [1.165, 1.54) is 0 Å². The molecule has 0 heterocycles. The molecule has 1 aromatic carbocycles. The third-order valence-corrected chi connectivity index (χ3v) is 2.72. The van der Waals surface area contributed by atoms with Gasteiger partial charge in [-0.3, -0.25) is 4.79 Å². The Labute approximate surface area is 112 Å². The van der Waals surface area contributed by atoms with E-state index in [0.717, 1.165) is 5.56 Å². The summed E-state index contributed by atoms with van der Waals surface area (Å²) >= 11 is 0. The van der Waals surface area contributed by atoms with Crippen LogP contribution in [0.3, 0.4) is 0 Å². The number of ether oxygens (including phenoxy) is 1. The number of hydrogen-bond acceptors (Lipinski definition) is 3. The summed E-state index contributed by atoms with van der Waals surface area (Å²) in [7, 11) is 1.56. The lowest BCUT2D eigenvalue weighted by Gasteiger charge is -2.14. The quantitative estimate of drug-likeness (QED) is 0.734. The van der Waals surface area contributed by atoms with E-state index in [9.17, 15) is 9.59 Å². The molecule has 104 valence electrons. The highest BCUT2D eigenvalue weighted by molar-refractivity contribution is 5.96. The van der Waals surface area contributed by atoms with Crippen molar-refractivity contribution in [3.63, 3.8) is 0 Å². The number of hydrogen-bond donors (Lipinski definition) is 2. The van der Waals surface area contributed by atoms with Crippen LogP contribution >= 0.6 is 0 Å². The first kappa shape index (κ1) is 15.2. The van der Waals surface area contributed by atoms with Crippen molar-refractivity contribution in [2.75, 3.05) is 13.7 Å². The number of aliphatic carboxylic acids is 1. The summed E-state index contributed by atoms with van der Waals surface area (Å²) in [6, 6.07) is 6.15. The third kappa shape index (κ3) is 5.09. The van der Waals surface area contributed by atoms with Gasteiger partial charge in [0.25, 0.3) is 5.91 Å². The molecule has 0 saturated heterocycles. The molecule has 2 N–H and O–H groups in total. The zero-order valence-corrected chi connectivity index (χ0v) is 11.2. The zero-order chi connectivity index (χ0) is 14.3. The van der Waals surface area contributed by atoms with Crippen molar-refractivity contribution in [1.29, 1.82) is 0 Å². The van der Waals surface area contributed by atoms with E-state index in [1.54, 1.807) is 25.3 Å². The molecule has 1 aromatic rings. The van der Waals surface area contributed by atoms with Crippen molar-refractivity contribution >= 4 is 11.9 Å². The van der Waals surface area contributed by atoms with Crippen molar-refractivity contribution in [2.24, 2.45) is 0 Å². The Bertz CT molecular complexity index is 445. The molecule has 0 radical (unpaired) electrons. The summed E-state index contributed by atoms with van der Waals surface area (Å²) in [4.78, 5) is 23.0. The van der Waals surface area contributed by atoms with Gasteiger partial charge < -0.3 is 15.2 Å². The van der Waals surface area contributed by atoms with Crippen LogP contribution in [0, 0.1) is 6.92 Å². The van der Waals surface area contributed by atoms with Crippen LogP contribution in [0.2, 0.25) is 0 Å². The molecule has 1 atom stereocenters. The molecule has 1 unspecified atom stereocenters. The highest BCUT2D eigenvalue weighted by Crippen LogP contribution is 2.06. The van der Waals surface area contributed by atoms with Crippen molar-refractivity contribution in [3.8, 4) is 0 Å². The maximum atomic E-state index is 11.9. The first-order valence-corrected chi connectivity index (χ1v) is 6.14.